The molecule has 1 fully saturated rings. The van der Waals surface area contributed by atoms with Crippen molar-refractivity contribution in [3.05, 3.63) is 77.5 Å². The van der Waals surface area contributed by atoms with Crippen molar-refractivity contribution in [1.82, 2.24) is 9.97 Å². The number of aryl methyl sites for hydroxylation is 2. The number of carbonyl (C=O) groups is 1. The van der Waals surface area contributed by atoms with Crippen LogP contribution in [0.2, 0.25) is 0 Å². The highest BCUT2D eigenvalue weighted by atomic mass is 16.5. The Morgan fingerprint density at radius 2 is 1.72 bits per heavy atom. The third-order valence-electron chi connectivity index (χ3n) is 5.19. The average Bonchev–Trinajstić information content (AvgIpc) is 2.80. The molecule has 0 atom stereocenters. The van der Waals surface area contributed by atoms with E-state index in [2.05, 4.69) is 25.5 Å². The van der Waals surface area contributed by atoms with Crippen LogP contribution in [0.4, 0.5) is 23.1 Å². The molecule has 1 aliphatic rings. The summed E-state index contributed by atoms with van der Waals surface area (Å²) in [6.07, 6.45) is 3.37. The third-order valence-corrected chi connectivity index (χ3v) is 5.19. The Morgan fingerprint density at radius 3 is 2.47 bits per heavy atom. The lowest BCUT2D eigenvalue weighted by atomic mass is 10.1. The second kappa shape index (κ2) is 10.1. The van der Waals surface area contributed by atoms with Crippen molar-refractivity contribution in [3.8, 4) is 0 Å². The minimum atomic E-state index is -0.175. The smallest absolute Gasteiger partial charge is 0.248 e. The van der Waals surface area contributed by atoms with Crippen molar-refractivity contribution in [2.24, 2.45) is 0 Å². The molecule has 0 bridgehead atoms. The van der Waals surface area contributed by atoms with Gasteiger partial charge in [-0.1, -0.05) is 24.3 Å². The highest BCUT2D eigenvalue weighted by Gasteiger charge is 2.14. The third kappa shape index (κ3) is 5.70. The summed E-state index contributed by atoms with van der Waals surface area (Å²) in [7, 11) is 0. The molecular formula is C25H27N5O2. The molecule has 4 rings (SSSR count). The van der Waals surface area contributed by atoms with Crippen LogP contribution in [0.25, 0.3) is 6.08 Å². The summed E-state index contributed by atoms with van der Waals surface area (Å²) in [4.78, 5) is 23.6. The second-order valence-electron chi connectivity index (χ2n) is 7.67. The number of ether oxygens (including phenoxy) is 1. The zero-order valence-corrected chi connectivity index (χ0v) is 18.3. The average molecular weight is 430 g/mol. The molecule has 1 saturated heterocycles. The van der Waals surface area contributed by atoms with Crippen LogP contribution in [0, 0.1) is 13.8 Å². The fraction of sp³-hybridized carbons (Fsp3) is 0.240. The van der Waals surface area contributed by atoms with E-state index in [0.717, 1.165) is 41.4 Å². The van der Waals surface area contributed by atoms with E-state index in [9.17, 15) is 4.79 Å². The van der Waals surface area contributed by atoms with Gasteiger partial charge in [-0.3, -0.25) is 4.79 Å². The number of rotatable bonds is 6. The van der Waals surface area contributed by atoms with Crippen LogP contribution in [0.1, 0.15) is 16.8 Å². The minimum absolute atomic E-state index is 0.175. The van der Waals surface area contributed by atoms with E-state index in [0.29, 0.717) is 24.8 Å². The topological polar surface area (TPSA) is 79.4 Å². The van der Waals surface area contributed by atoms with Gasteiger partial charge in [-0.2, -0.15) is 4.98 Å². The SMILES string of the molecule is Cc1cc(N2CCOCC2)nc(Nc2ccc(NC(=O)/C=C/c3ccccc3C)cc2)n1. The van der Waals surface area contributed by atoms with Gasteiger partial charge in [0, 0.05) is 42.3 Å². The van der Waals surface area contributed by atoms with Crippen molar-refractivity contribution in [3.63, 3.8) is 0 Å². The van der Waals surface area contributed by atoms with E-state index in [4.69, 9.17) is 4.74 Å². The molecule has 0 radical (unpaired) electrons. The molecule has 3 aromatic rings. The van der Waals surface area contributed by atoms with Crippen LogP contribution in [-0.2, 0) is 9.53 Å². The van der Waals surface area contributed by atoms with E-state index >= 15 is 0 Å². The van der Waals surface area contributed by atoms with E-state index < -0.39 is 0 Å². The first-order valence-corrected chi connectivity index (χ1v) is 10.7. The van der Waals surface area contributed by atoms with Crippen LogP contribution in [-0.4, -0.2) is 42.2 Å². The molecule has 2 N–H and O–H groups in total. The first-order valence-electron chi connectivity index (χ1n) is 10.7. The van der Waals surface area contributed by atoms with Gasteiger partial charge in [-0.15, -0.1) is 0 Å². The van der Waals surface area contributed by atoms with Crippen molar-refractivity contribution in [2.45, 2.75) is 13.8 Å². The number of morpholine rings is 1. The summed E-state index contributed by atoms with van der Waals surface area (Å²) in [5.74, 6) is 1.27. The molecule has 164 valence electrons. The fourth-order valence-electron chi connectivity index (χ4n) is 3.45. The Bertz CT molecular complexity index is 1110. The predicted molar refractivity (Wildman–Crippen MR) is 128 cm³/mol. The van der Waals surface area contributed by atoms with Crippen molar-refractivity contribution in [1.29, 1.82) is 0 Å². The first-order chi connectivity index (χ1) is 15.6. The van der Waals surface area contributed by atoms with Gasteiger partial charge in [-0.05, 0) is 55.3 Å². The normalized spacial score (nSPS) is 13.9. The lowest BCUT2D eigenvalue weighted by Crippen LogP contribution is -2.36. The molecule has 0 spiro atoms. The minimum Gasteiger partial charge on any atom is -0.378 e. The van der Waals surface area contributed by atoms with E-state index in [1.807, 2.05) is 74.5 Å². The molecule has 1 aromatic heterocycles. The largest absolute Gasteiger partial charge is 0.378 e. The van der Waals surface area contributed by atoms with Crippen molar-refractivity contribution in [2.75, 3.05) is 41.8 Å². The van der Waals surface area contributed by atoms with Crippen molar-refractivity contribution < 1.29 is 9.53 Å². The van der Waals surface area contributed by atoms with Crippen LogP contribution in [0.15, 0.2) is 60.7 Å². The van der Waals surface area contributed by atoms with E-state index in [1.54, 1.807) is 6.08 Å². The van der Waals surface area contributed by atoms with Crippen LogP contribution in [0.5, 0.6) is 0 Å². The summed E-state index contributed by atoms with van der Waals surface area (Å²) in [6.45, 7) is 7.04. The maximum Gasteiger partial charge on any atom is 0.248 e. The van der Waals surface area contributed by atoms with Crippen molar-refractivity contribution >= 4 is 35.1 Å². The van der Waals surface area contributed by atoms with Gasteiger partial charge in [0.2, 0.25) is 11.9 Å². The lowest BCUT2D eigenvalue weighted by molar-refractivity contribution is -0.111. The molecule has 7 nitrogen and oxygen atoms in total. The maximum atomic E-state index is 12.3. The zero-order valence-electron chi connectivity index (χ0n) is 18.3. The van der Waals surface area contributed by atoms with Gasteiger partial charge >= 0.3 is 0 Å². The molecule has 1 amide bonds. The van der Waals surface area contributed by atoms with Gasteiger partial charge in [0.15, 0.2) is 0 Å². The highest BCUT2D eigenvalue weighted by molar-refractivity contribution is 6.02. The number of aromatic nitrogens is 2. The maximum absolute atomic E-state index is 12.3. The molecule has 1 aliphatic heterocycles. The molecule has 32 heavy (non-hydrogen) atoms. The van der Waals surface area contributed by atoms with Gasteiger partial charge in [-0.25, -0.2) is 4.98 Å². The summed E-state index contributed by atoms with van der Waals surface area (Å²) in [5, 5.41) is 6.13. The Balaban J connectivity index is 1.38. The lowest BCUT2D eigenvalue weighted by Gasteiger charge is -2.28. The molecule has 0 unspecified atom stereocenters. The zero-order chi connectivity index (χ0) is 22.3. The number of carbonyl (C=O) groups excluding carboxylic acids is 1. The quantitative estimate of drug-likeness (QED) is 0.568. The van der Waals surface area contributed by atoms with E-state index in [1.165, 1.54) is 0 Å². The van der Waals surface area contributed by atoms with Crippen LogP contribution >= 0.6 is 0 Å². The number of hydrogen-bond acceptors (Lipinski definition) is 6. The molecule has 0 aliphatic carbocycles. The molecular weight excluding hydrogens is 402 g/mol. The Kier molecular flexibility index (Phi) is 6.77. The summed E-state index contributed by atoms with van der Waals surface area (Å²) in [5.41, 5.74) is 4.61. The monoisotopic (exact) mass is 429 g/mol. The summed E-state index contributed by atoms with van der Waals surface area (Å²) in [6, 6.07) is 17.4. The molecule has 2 aromatic carbocycles. The fourth-order valence-corrected chi connectivity index (χ4v) is 3.45. The summed E-state index contributed by atoms with van der Waals surface area (Å²) >= 11 is 0. The standard InChI is InChI=1S/C25H27N5O2/c1-18-5-3-4-6-20(18)7-12-24(31)27-21-8-10-22(11-9-21)28-25-26-19(2)17-23(29-25)30-13-15-32-16-14-30/h3-12,17H,13-16H2,1-2H3,(H,27,31)(H,26,28,29)/b12-7+. The molecule has 2 heterocycles. The predicted octanol–water partition coefficient (Wildman–Crippen LogP) is 4.33. The molecule has 0 saturated carbocycles. The Morgan fingerprint density at radius 1 is 1.00 bits per heavy atom. The first kappa shape index (κ1) is 21.5. The van der Waals surface area contributed by atoms with Gasteiger partial charge in [0.1, 0.15) is 5.82 Å². The van der Waals surface area contributed by atoms with Gasteiger partial charge in [0.05, 0.1) is 13.2 Å². The van der Waals surface area contributed by atoms with Crippen LogP contribution < -0.4 is 15.5 Å². The van der Waals surface area contributed by atoms with Gasteiger partial charge < -0.3 is 20.3 Å². The summed E-state index contributed by atoms with van der Waals surface area (Å²) < 4.78 is 5.42. The van der Waals surface area contributed by atoms with E-state index in [-0.39, 0.29) is 5.91 Å². The highest BCUT2D eigenvalue weighted by Crippen LogP contribution is 2.21. The Labute approximate surface area is 188 Å². The number of nitrogens with one attached hydrogen (secondary N) is 2. The number of nitrogens with zero attached hydrogens (tertiary/aromatic N) is 3. The van der Waals surface area contributed by atoms with Gasteiger partial charge in [0.25, 0.3) is 0 Å². The molecule has 7 heteroatoms. The number of anilines is 4. The number of hydrogen-bond donors (Lipinski definition) is 2. The van der Waals surface area contributed by atoms with Crippen LogP contribution in [0.3, 0.4) is 0 Å². The number of benzene rings is 2. The number of amides is 1. The second-order valence-corrected chi connectivity index (χ2v) is 7.67. The Hall–Kier alpha value is -3.71.